The van der Waals surface area contributed by atoms with E-state index in [0.29, 0.717) is 0 Å². The molecule has 3 heterocycles. The number of fused-ring (bicyclic) bond motifs is 1. The van der Waals surface area contributed by atoms with Crippen molar-refractivity contribution in [2.24, 2.45) is 17.8 Å². The maximum Gasteiger partial charge on any atom is 0.307 e. The van der Waals surface area contributed by atoms with Crippen LogP contribution in [-0.4, -0.2) is 60.1 Å². The van der Waals surface area contributed by atoms with Crippen molar-refractivity contribution in [3.05, 3.63) is 16.7 Å². The SMILES string of the molecule is CC(=O)CC(C(=O)O)[C@@H]1C[C@H](n2cnc3c(=O)[nH]c(NC(=O)C(C)C)nc32)O[C@H]1CO. The van der Waals surface area contributed by atoms with Crippen molar-refractivity contribution in [2.45, 2.75) is 45.9 Å². The topological polar surface area (TPSA) is 176 Å². The number of carboxylic acid groups (broad SMARTS) is 1. The average molecular weight is 435 g/mol. The lowest BCUT2D eigenvalue weighted by atomic mass is 9.83. The second-order valence-corrected chi connectivity index (χ2v) is 7.94. The summed E-state index contributed by atoms with van der Waals surface area (Å²) < 4.78 is 7.31. The highest BCUT2D eigenvalue weighted by Gasteiger charge is 2.44. The van der Waals surface area contributed by atoms with Crippen molar-refractivity contribution in [1.29, 1.82) is 0 Å². The molecule has 2 aromatic heterocycles. The van der Waals surface area contributed by atoms with E-state index < -0.39 is 42.3 Å². The normalized spacial score (nSPS) is 22.0. The van der Waals surface area contributed by atoms with Crippen LogP contribution in [0.25, 0.3) is 11.2 Å². The van der Waals surface area contributed by atoms with Crippen LogP contribution in [0, 0.1) is 17.8 Å². The van der Waals surface area contributed by atoms with Crippen LogP contribution in [0.5, 0.6) is 0 Å². The molecular formula is C19H25N5O7. The second-order valence-electron chi connectivity index (χ2n) is 7.94. The Balaban J connectivity index is 1.95. The van der Waals surface area contributed by atoms with Crippen LogP contribution < -0.4 is 10.9 Å². The average Bonchev–Trinajstić information content (AvgIpc) is 3.29. The number of aliphatic hydroxyl groups excluding tert-OH is 1. The van der Waals surface area contributed by atoms with Crippen LogP contribution in [0.2, 0.25) is 0 Å². The maximum absolute atomic E-state index is 12.4. The van der Waals surface area contributed by atoms with E-state index in [1.165, 1.54) is 17.8 Å². The van der Waals surface area contributed by atoms with Crippen LogP contribution in [-0.2, 0) is 19.1 Å². The lowest BCUT2D eigenvalue weighted by Crippen LogP contribution is -2.33. The molecule has 1 saturated heterocycles. The van der Waals surface area contributed by atoms with E-state index in [-0.39, 0.29) is 47.6 Å². The Labute approximate surface area is 176 Å². The summed E-state index contributed by atoms with van der Waals surface area (Å²) in [5, 5.41) is 21.8. The van der Waals surface area contributed by atoms with Gasteiger partial charge in [0.05, 0.1) is 25.0 Å². The predicted molar refractivity (Wildman–Crippen MR) is 107 cm³/mol. The number of H-pyrrole nitrogens is 1. The molecule has 12 nitrogen and oxygen atoms in total. The standard InChI is InChI=1S/C19H25N5O7/c1-8(2)16(27)22-19-21-15-14(17(28)23-19)20-7-24(15)13-5-10(12(6-25)31-13)11(18(29)30)4-9(3)26/h7-8,10-13,25H,4-6H2,1-3H3,(H,29,30)(H2,21,22,23,27,28)/t10-,11?,12-,13+/m0/s1. The Hall–Kier alpha value is -3.12. The van der Waals surface area contributed by atoms with Crippen LogP contribution in [0.4, 0.5) is 5.95 Å². The number of ketones is 1. The monoisotopic (exact) mass is 435 g/mol. The number of anilines is 1. The number of aromatic amines is 1. The van der Waals surface area contributed by atoms with Crippen LogP contribution in [0.15, 0.2) is 11.1 Å². The molecule has 0 aliphatic carbocycles. The highest BCUT2D eigenvalue weighted by Crippen LogP contribution is 2.40. The molecule has 3 rings (SSSR count). The summed E-state index contributed by atoms with van der Waals surface area (Å²) in [6.07, 6.45) is -0.249. The number of aliphatic carboxylic acids is 1. The second kappa shape index (κ2) is 8.94. The Morgan fingerprint density at radius 1 is 1.39 bits per heavy atom. The number of hydrogen-bond acceptors (Lipinski definition) is 8. The zero-order valence-electron chi connectivity index (χ0n) is 17.4. The lowest BCUT2D eigenvalue weighted by molar-refractivity contribution is -0.147. The number of ether oxygens (including phenoxy) is 1. The molecule has 1 aliphatic rings. The number of carboxylic acids is 1. The molecule has 4 N–H and O–H groups in total. The van der Waals surface area contributed by atoms with E-state index in [9.17, 15) is 29.4 Å². The minimum atomic E-state index is -1.15. The van der Waals surface area contributed by atoms with Gasteiger partial charge in [0, 0.05) is 18.3 Å². The number of amides is 1. The van der Waals surface area contributed by atoms with Gasteiger partial charge in [-0.3, -0.25) is 29.3 Å². The molecule has 0 spiro atoms. The number of aliphatic hydroxyl groups is 1. The number of nitrogens with zero attached hydrogens (tertiary/aromatic N) is 3. The third-order valence-corrected chi connectivity index (χ3v) is 5.31. The van der Waals surface area contributed by atoms with Gasteiger partial charge in [-0.05, 0) is 13.3 Å². The Morgan fingerprint density at radius 3 is 2.68 bits per heavy atom. The number of hydrogen-bond donors (Lipinski definition) is 4. The first-order valence-electron chi connectivity index (χ1n) is 9.88. The van der Waals surface area contributed by atoms with E-state index in [1.807, 2.05) is 0 Å². The van der Waals surface area contributed by atoms with Gasteiger partial charge in [0.2, 0.25) is 11.9 Å². The van der Waals surface area contributed by atoms with Crippen molar-refractivity contribution in [1.82, 2.24) is 19.5 Å². The van der Waals surface area contributed by atoms with Crippen molar-refractivity contribution in [3.8, 4) is 0 Å². The first-order chi connectivity index (χ1) is 14.6. The summed E-state index contributed by atoms with van der Waals surface area (Å²) in [5.41, 5.74) is -0.395. The third kappa shape index (κ3) is 4.64. The maximum atomic E-state index is 12.4. The number of imidazole rings is 1. The molecule has 31 heavy (non-hydrogen) atoms. The van der Waals surface area contributed by atoms with Gasteiger partial charge in [0.25, 0.3) is 5.56 Å². The highest BCUT2D eigenvalue weighted by molar-refractivity contribution is 5.91. The van der Waals surface area contributed by atoms with E-state index in [4.69, 9.17) is 4.74 Å². The fourth-order valence-corrected chi connectivity index (χ4v) is 3.71. The van der Waals surface area contributed by atoms with Gasteiger partial charge in [-0.15, -0.1) is 0 Å². The van der Waals surface area contributed by atoms with Crippen LogP contribution in [0.1, 0.15) is 39.8 Å². The van der Waals surface area contributed by atoms with E-state index in [2.05, 4.69) is 20.3 Å². The zero-order valence-corrected chi connectivity index (χ0v) is 17.4. The van der Waals surface area contributed by atoms with Crippen molar-refractivity contribution >= 4 is 34.8 Å². The molecule has 0 aromatic carbocycles. The lowest BCUT2D eigenvalue weighted by Gasteiger charge is -2.21. The molecule has 2 aromatic rings. The van der Waals surface area contributed by atoms with Crippen LogP contribution >= 0.6 is 0 Å². The van der Waals surface area contributed by atoms with Crippen LogP contribution in [0.3, 0.4) is 0 Å². The fourth-order valence-electron chi connectivity index (χ4n) is 3.71. The fraction of sp³-hybridized carbons (Fsp3) is 0.579. The zero-order chi connectivity index (χ0) is 22.9. The summed E-state index contributed by atoms with van der Waals surface area (Å²) in [7, 11) is 0. The summed E-state index contributed by atoms with van der Waals surface area (Å²) in [5.74, 6) is -3.79. The van der Waals surface area contributed by atoms with E-state index in [1.54, 1.807) is 13.8 Å². The Bertz CT molecular complexity index is 1060. The summed E-state index contributed by atoms with van der Waals surface area (Å²) >= 11 is 0. The minimum Gasteiger partial charge on any atom is -0.481 e. The Morgan fingerprint density at radius 2 is 2.10 bits per heavy atom. The van der Waals surface area contributed by atoms with Gasteiger partial charge >= 0.3 is 5.97 Å². The van der Waals surface area contributed by atoms with Gasteiger partial charge in [0.15, 0.2) is 11.2 Å². The van der Waals surface area contributed by atoms with Gasteiger partial charge in [-0.25, -0.2) is 4.98 Å². The first kappa shape index (κ1) is 22.6. The molecule has 0 radical (unpaired) electrons. The number of rotatable bonds is 8. The minimum absolute atomic E-state index is 0.0219. The summed E-state index contributed by atoms with van der Waals surface area (Å²) in [6, 6.07) is 0. The predicted octanol–water partition coefficient (Wildman–Crippen LogP) is 0.290. The number of carbonyl (C=O) groups is 3. The molecular weight excluding hydrogens is 410 g/mol. The molecule has 1 amide bonds. The van der Waals surface area contributed by atoms with E-state index in [0.717, 1.165) is 0 Å². The number of Topliss-reactive ketones (excluding diaryl/α,β-unsaturated/α-hetero) is 1. The van der Waals surface area contributed by atoms with Gasteiger partial charge in [-0.2, -0.15) is 4.98 Å². The molecule has 1 aliphatic heterocycles. The van der Waals surface area contributed by atoms with Gasteiger partial charge in [0.1, 0.15) is 12.0 Å². The third-order valence-electron chi connectivity index (χ3n) is 5.31. The number of carbonyl (C=O) groups excluding carboxylic acids is 2. The molecule has 0 bridgehead atoms. The highest BCUT2D eigenvalue weighted by atomic mass is 16.5. The smallest absolute Gasteiger partial charge is 0.307 e. The largest absolute Gasteiger partial charge is 0.481 e. The molecule has 1 fully saturated rings. The van der Waals surface area contributed by atoms with Crippen molar-refractivity contribution in [2.75, 3.05) is 11.9 Å². The number of nitrogens with one attached hydrogen (secondary N) is 2. The van der Waals surface area contributed by atoms with E-state index >= 15 is 0 Å². The molecule has 168 valence electrons. The van der Waals surface area contributed by atoms with Gasteiger partial charge in [-0.1, -0.05) is 13.8 Å². The number of aromatic nitrogens is 4. The van der Waals surface area contributed by atoms with Crippen molar-refractivity contribution in [3.63, 3.8) is 0 Å². The summed E-state index contributed by atoms with van der Waals surface area (Å²) in [6.45, 7) is 4.26. The first-order valence-corrected chi connectivity index (χ1v) is 9.88. The summed E-state index contributed by atoms with van der Waals surface area (Å²) in [4.78, 5) is 58.4. The quantitative estimate of drug-likeness (QED) is 0.454. The molecule has 12 heteroatoms. The molecule has 4 atom stereocenters. The molecule has 1 unspecified atom stereocenters. The van der Waals surface area contributed by atoms with Crippen molar-refractivity contribution < 1.29 is 29.3 Å². The molecule has 0 saturated carbocycles. The Kier molecular flexibility index (Phi) is 6.51. The van der Waals surface area contributed by atoms with Gasteiger partial charge < -0.3 is 19.7 Å².